The number of fused-ring (bicyclic) bond motifs is 1. The van der Waals surface area contributed by atoms with E-state index in [1.807, 2.05) is 6.26 Å². The third-order valence-electron chi connectivity index (χ3n) is 1.33. The van der Waals surface area contributed by atoms with Crippen LogP contribution in [-0.4, -0.2) is 25.8 Å². The first-order chi connectivity index (χ1) is 5.79. The molecule has 0 saturated heterocycles. The van der Waals surface area contributed by atoms with Gasteiger partial charge in [-0.3, -0.25) is 0 Å². The van der Waals surface area contributed by atoms with Crippen molar-refractivity contribution in [2.75, 3.05) is 6.26 Å². The molecule has 0 aliphatic rings. The van der Waals surface area contributed by atoms with Crippen LogP contribution in [0, 0.1) is 0 Å². The summed E-state index contributed by atoms with van der Waals surface area (Å²) in [6.45, 7) is 0. The molecule has 12 heavy (non-hydrogen) atoms. The highest BCUT2D eigenvalue weighted by atomic mass is 35.5. The molecule has 2 heterocycles. The Labute approximate surface area is 78.0 Å². The van der Waals surface area contributed by atoms with Gasteiger partial charge in [0.25, 0.3) is 5.78 Å². The molecule has 0 bridgehead atoms. The van der Waals surface area contributed by atoms with Crippen LogP contribution >= 0.6 is 23.4 Å². The monoisotopic (exact) mass is 200 g/mol. The van der Waals surface area contributed by atoms with Gasteiger partial charge in [-0.1, -0.05) is 23.4 Å². The van der Waals surface area contributed by atoms with Crippen LogP contribution in [0.2, 0.25) is 5.02 Å². The maximum absolute atomic E-state index is 5.71. The lowest BCUT2D eigenvalue weighted by Crippen LogP contribution is -1.88. The van der Waals surface area contributed by atoms with Gasteiger partial charge in [-0.15, -0.1) is 5.10 Å². The normalized spacial score (nSPS) is 10.8. The molecular formula is C6H5ClN4S. The van der Waals surface area contributed by atoms with Crippen LogP contribution in [0.3, 0.4) is 0 Å². The van der Waals surface area contributed by atoms with E-state index < -0.39 is 0 Å². The minimum atomic E-state index is 0.556. The van der Waals surface area contributed by atoms with E-state index in [0.29, 0.717) is 16.0 Å². The lowest BCUT2D eigenvalue weighted by molar-refractivity contribution is 0.881. The zero-order valence-corrected chi connectivity index (χ0v) is 7.80. The van der Waals surface area contributed by atoms with E-state index in [0.717, 1.165) is 0 Å². The quantitative estimate of drug-likeness (QED) is 0.655. The highest BCUT2D eigenvalue weighted by Crippen LogP contribution is 2.11. The molecule has 0 fully saturated rings. The molecule has 2 aromatic heterocycles. The van der Waals surface area contributed by atoms with Crippen molar-refractivity contribution in [2.45, 2.75) is 5.16 Å². The van der Waals surface area contributed by atoms with E-state index in [1.165, 1.54) is 11.8 Å². The molecule has 0 unspecified atom stereocenters. The van der Waals surface area contributed by atoms with Gasteiger partial charge in [-0.2, -0.15) is 4.98 Å². The summed E-state index contributed by atoms with van der Waals surface area (Å²) in [6.07, 6.45) is 5.14. The van der Waals surface area contributed by atoms with Gasteiger partial charge in [0.15, 0.2) is 0 Å². The molecule has 0 radical (unpaired) electrons. The third kappa shape index (κ3) is 1.25. The van der Waals surface area contributed by atoms with Gasteiger partial charge in [0, 0.05) is 0 Å². The van der Waals surface area contributed by atoms with Gasteiger partial charge in [-0.05, 0) is 6.26 Å². The average molecular weight is 201 g/mol. The van der Waals surface area contributed by atoms with Crippen molar-refractivity contribution in [3.05, 3.63) is 17.4 Å². The molecule has 0 aliphatic carbocycles. The van der Waals surface area contributed by atoms with Crippen LogP contribution in [0.15, 0.2) is 17.6 Å². The summed E-state index contributed by atoms with van der Waals surface area (Å²) in [5, 5.41) is 5.37. The van der Waals surface area contributed by atoms with Gasteiger partial charge in [0.05, 0.1) is 17.4 Å². The second-order valence-electron chi connectivity index (χ2n) is 2.12. The fourth-order valence-electron chi connectivity index (χ4n) is 0.827. The number of aromatic nitrogens is 4. The molecule has 2 aromatic rings. The minimum Gasteiger partial charge on any atom is -0.218 e. The Hall–Kier alpha value is -0.810. The Kier molecular flexibility index (Phi) is 1.90. The first-order valence-electron chi connectivity index (χ1n) is 3.21. The molecule has 0 aliphatic heterocycles. The maximum Gasteiger partial charge on any atom is 0.253 e. The molecule has 0 atom stereocenters. The van der Waals surface area contributed by atoms with E-state index in [1.54, 1.807) is 16.9 Å². The second-order valence-corrected chi connectivity index (χ2v) is 3.33. The molecular weight excluding hydrogens is 196 g/mol. The largest absolute Gasteiger partial charge is 0.253 e. The van der Waals surface area contributed by atoms with Gasteiger partial charge in [0.1, 0.15) is 0 Å². The number of rotatable bonds is 1. The molecule has 0 saturated carbocycles. The fourth-order valence-corrected chi connectivity index (χ4v) is 1.31. The molecule has 0 aromatic carbocycles. The first kappa shape index (κ1) is 7.82. The molecule has 0 amide bonds. The van der Waals surface area contributed by atoms with Crippen molar-refractivity contribution in [3.8, 4) is 0 Å². The summed E-state index contributed by atoms with van der Waals surface area (Å²) < 4.78 is 1.56. The van der Waals surface area contributed by atoms with Crippen molar-refractivity contribution in [1.82, 2.24) is 19.6 Å². The summed E-state index contributed by atoms with van der Waals surface area (Å²) in [4.78, 5) is 8.11. The summed E-state index contributed by atoms with van der Waals surface area (Å²) in [7, 11) is 0. The topological polar surface area (TPSA) is 43.1 Å². The van der Waals surface area contributed by atoms with E-state index in [-0.39, 0.29) is 0 Å². The lowest BCUT2D eigenvalue weighted by atomic mass is 10.7. The molecule has 0 spiro atoms. The van der Waals surface area contributed by atoms with E-state index in [4.69, 9.17) is 11.6 Å². The van der Waals surface area contributed by atoms with E-state index in [9.17, 15) is 0 Å². The Bertz CT molecular complexity index is 413. The van der Waals surface area contributed by atoms with Crippen molar-refractivity contribution >= 4 is 29.1 Å². The molecule has 62 valence electrons. The molecule has 4 nitrogen and oxygen atoms in total. The van der Waals surface area contributed by atoms with E-state index in [2.05, 4.69) is 15.1 Å². The highest BCUT2D eigenvalue weighted by Gasteiger charge is 2.02. The predicted octanol–water partition coefficient (Wildman–Crippen LogP) is 1.50. The summed E-state index contributed by atoms with van der Waals surface area (Å²) in [6, 6.07) is 0. The molecule has 6 heteroatoms. The van der Waals surface area contributed by atoms with E-state index >= 15 is 0 Å². The minimum absolute atomic E-state index is 0.556. The zero-order chi connectivity index (χ0) is 8.55. The summed E-state index contributed by atoms with van der Waals surface area (Å²) in [5.74, 6) is 0.573. The number of halogens is 1. The van der Waals surface area contributed by atoms with Gasteiger partial charge in [-0.25, -0.2) is 9.50 Å². The SMILES string of the molecule is CSc1nc2ncc(Cl)cn2n1. The van der Waals surface area contributed by atoms with Gasteiger partial charge in [0.2, 0.25) is 5.16 Å². The second kappa shape index (κ2) is 2.91. The van der Waals surface area contributed by atoms with Crippen LogP contribution in [0.4, 0.5) is 0 Å². The molecule has 2 rings (SSSR count). The van der Waals surface area contributed by atoms with Crippen molar-refractivity contribution in [1.29, 1.82) is 0 Å². The highest BCUT2D eigenvalue weighted by molar-refractivity contribution is 7.98. The third-order valence-corrected chi connectivity index (χ3v) is 2.06. The fraction of sp³-hybridized carbons (Fsp3) is 0.167. The maximum atomic E-state index is 5.71. The summed E-state index contributed by atoms with van der Waals surface area (Å²) in [5.41, 5.74) is 0. The smallest absolute Gasteiger partial charge is 0.218 e. The van der Waals surface area contributed by atoms with Crippen LogP contribution in [0.1, 0.15) is 0 Å². The van der Waals surface area contributed by atoms with Crippen molar-refractivity contribution in [2.24, 2.45) is 0 Å². The van der Waals surface area contributed by atoms with Crippen LogP contribution in [0.25, 0.3) is 5.78 Å². The number of nitrogens with zero attached hydrogens (tertiary/aromatic N) is 4. The Morgan fingerprint density at radius 3 is 3.17 bits per heavy atom. The number of hydrogen-bond acceptors (Lipinski definition) is 4. The first-order valence-corrected chi connectivity index (χ1v) is 4.82. The van der Waals surface area contributed by atoms with Gasteiger partial charge >= 0.3 is 0 Å². The zero-order valence-electron chi connectivity index (χ0n) is 6.23. The van der Waals surface area contributed by atoms with Crippen molar-refractivity contribution in [3.63, 3.8) is 0 Å². The van der Waals surface area contributed by atoms with Crippen LogP contribution in [-0.2, 0) is 0 Å². The van der Waals surface area contributed by atoms with Gasteiger partial charge < -0.3 is 0 Å². The number of hydrogen-bond donors (Lipinski definition) is 0. The Morgan fingerprint density at radius 1 is 1.58 bits per heavy atom. The van der Waals surface area contributed by atoms with Crippen LogP contribution < -0.4 is 0 Å². The lowest BCUT2D eigenvalue weighted by Gasteiger charge is -1.88. The Balaban J connectivity index is 2.67. The van der Waals surface area contributed by atoms with Crippen LogP contribution in [0.5, 0.6) is 0 Å². The average Bonchev–Trinajstić information content (AvgIpc) is 2.46. The molecule has 0 N–H and O–H groups in total. The summed E-state index contributed by atoms with van der Waals surface area (Å²) >= 11 is 7.19. The van der Waals surface area contributed by atoms with Crippen molar-refractivity contribution < 1.29 is 0 Å². The standard InChI is InChI=1S/C6H5ClN4S/c1-12-6-9-5-8-2-4(7)3-11(5)10-6/h2-3H,1H3. The number of thioether (sulfide) groups is 1. The Morgan fingerprint density at radius 2 is 2.42 bits per heavy atom. The predicted molar refractivity (Wildman–Crippen MR) is 47.6 cm³/mol.